The maximum atomic E-state index is 13.1. The van der Waals surface area contributed by atoms with E-state index >= 15 is 0 Å². The van der Waals surface area contributed by atoms with Gasteiger partial charge in [0.25, 0.3) is 5.91 Å². The predicted octanol–water partition coefficient (Wildman–Crippen LogP) is 5.01. The molecule has 1 saturated carbocycles. The normalized spacial score (nSPS) is 19.8. The quantitative estimate of drug-likeness (QED) is 0.508. The lowest BCUT2D eigenvalue weighted by Gasteiger charge is -2.32. The summed E-state index contributed by atoms with van der Waals surface area (Å²) in [7, 11) is 0. The molecule has 6 rings (SSSR count). The zero-order chi connectivity index (χ0) is 21.0. The summed E-state index contributed by atoms with van der Waals surface area (Å²) in [5, 5.41) is 3.35. The van der Waals surface area contributed by atoms with Crippen molar-refractivity contribution >= 4 is 27.6 Å². The first-order chi connectivity index (χ1) is 15.1. The Hall–Kier alpha value is -3.24. The fourth-order valence-electron chi connectivity index (χ4n) is 5.08. The van der Waals surface area contributed by atoms with Crippen LogP contribution in [0.2, 0.25) is 0 Å². The van der Waals surface area contributed by atoms with Crippen LogP contribution in [0.25, 0.3) is 32.8 Å². The molecule has 4 nitrogen and oxygen atoms in total. The Labute approximate surface area is 181 Å². The number of pyridine rings is 1. The van der Waals surface area contributed by atoms with E-state index in [0.29, 0.717) is 11.5 Å². The monoisotopic (exact) mass is 407 g/mol. The molecule has 0 bridgehead atoms. The lowest BCUT2D eigenvalue weighted by molar-refractivity contribution is 0.0675. The Morgan fingerprint density at radius 1 is 0.903 bits per heavy atom. The summed E-state index contributed by atoms with van der Waals surface area (Å²) in [4.78, 5) is 19.6. The number of likely N-dealkylation sites (tertiary alicyclic amines) is 1. The number of amides is 1. The average molecular weight is 408 g/mol. The van der Waals surface area contributed by atoms with Gasteiger partial charge in [-0.2, -0.15) is 0 Å². The van der Waals surface area contributed by atoms with Gasteiger partial charge in [-0.05, 0) is 71.3 Å². The largest absolute Gasteiger partial charge is 0.339 e. The molecule has 1 aliphatic heterocycles. The molecule has 31 heavy (non-hydrogen) atoms. The second-order valence-corrected chi connectivity index (χ2v) is 9.16. The van der Waals surface area contributed by atoms with Crippen molar-refractivity contribution in [3.8, 4) is 11.1 Å². The van der Waals surface area contributed by atoms with Crippen LogP contribution in [-0.2, 0) is 0 Å². The van der Waals surface area contributed by atoms with E-state index in [0.717, 1.165) is 70.7 Å². The number of fused-ring (bicyclic) bond motifs is 2. The third-order valence-corrected chi connectivity index (χ3v) is 7.31. The van der Waals surface area contributed by atoms with Crippen LogP contribution in [0.1, 0.15) is 29.6 Å². The minimum atomic E-state index is 0.133. The first-order valence-electron chi connectivity index (χ1n) is 11.1. The minimum Gasteiger partial charge on any atom is -0.339 e. The molecular weight excluding hydrogens is 382 g/mol. The van der Waals surface area contributed by atoms with Crippen molar-refractivity contribution in [2.75, 3.05) is 13.1 Å². The van der Waals surface area contributed by atoms with Gasteiger partial charge in [0, 0.05) is 41.8 Å². The number of benzene rings is 3. The van der Waals surface area contributed by atoms with Crippen molar-refractivity contribution in [3.63, 3.8) is 0 Å². The Bertz CT molecular complexity index is 1320. The van der Waals surface area contributed by atoms with E-state index in [1.165, 1.54) is 0 Å². The lowest BCUT2D eigenvalue weighted by atomic mass is 9.92. The minimum absolute atomic E-state index is 0.133. The van der Waals surface area contributed by atoms with Crippen LogP contribution in [-0.4, -0.2) is 34.9 Å². The van der Waals surface area contributed by atoms with E-state index in [4.69, 9.17) is 5.73 Å². The maximum absolute atomic E-state index is 13.1. The molecule has 4 aromatic rings. The average Bonchev–Trinajstić information content (AvgIpc) is 3.45. The molecule has 3 aromatic carbocycles. The number of nitrogens with zero attached hydrogens (tertiary/aromatic N) is 2. The van der Waals surface area contributed by atoms with E-state index in [2.05, 4.69) is 41.4 Å². The maximum Gasteiger partial charge on any atom is 0.253 e. The van der Waals surface area contributed by atoms with Crippen molar-refractivity contribution in [1.82, 2.24) is 9.88 Å². The Morgan fingerprint density at radius 3 is 2.42 bits per heavy atom. The summed E-state index contributed by atoms with van der Waals surface area (Å²) in [5.41, 5.74) is 10.4. The summed E-state index contributed by atoms with van der Waals surface area (Å²) in [5.74, 6) is 0.133. The van der Waals surface area contributed by atoms with Gasteiger partial charge in [-0.1, -0.05) is 36.4 Å². The molecule has 4 heteroatoms. The molecule has 1 saturated heterocycles. The highest BCUT2D eigenvalue weighted by Gasteiger charge is 2.53. The summed E-state index contributed by atoms with van der Waals surface area (Å²) in [6.45, 7) is 1.64. The molecule has 1 amide bonds. The topological polar surface area (TPSA) is 59.2 Å². The molecule has 1 aliphatic carbocycles. The van der Waals surface area contributed by atoms with Gasteiger partial charge in [-0.15, -0.1) is 0 Å². The molecule has 1 unspecified atom stereocenters. The summed E-state index contributed by atoms with van der Waals surface area (Å²) < 4.78 is 0. The van der Waals surface area contributed by atoms with Gasteiger partial charge in [-0.3, -0.25) is 9.78 Å². The second-order valence-electron chi connectivity index (χ2n) is 9.16. The zero-order valence-corrected chi connectivity index (χ0v) is 17.4. The number of carbonyl (C=O) groups excluding carboxylic acids is 1. The van der Waals surface area contributed by atoms with Crippen LogP contribution in [0.5, 0.6) is 0 Å². The molecule has 1 aromatic heterocycles. The first kappa shape index (κ1) is 18.5. The molecule has 1 spiro atoms. The van der Waals surface area contributed by atoms with Crippen molar-refractivity contribution in [2.24, 2.45) is 11.1 Å². The van der Waals surface area contributed by atoms with Crippen molar-refractivity contribution in [2.45, 2.75) is 25.3 Å². The molecule has 0 radical (unpaired) electrons. The number of piperidine rings is 1. The molecular formula is C27H25N3O. The van der Waals surface area contributed by atoms with Crippen molar-refractivity contribution in [1.29, 1.82) is 0 Å². The standard InChI is InChI=1S/C27H25N3O/c28-25-16-27(25)9-11-30(12-10-27)26(31)22-8-7-18-13-20(6-5-19(18)14-22)23-15-21-3-1-2-4-24(21)29-17-23/h1-8,13-15,17,25H,9-12,16,28H2. The van der Waals surface area contributed by atoms with Gasteiger partial charge in [0.1, 0.15) is 0 Å². The fraction of sp³-hybridized carbons (Fsp3) is 0.259. The molecule has 2 N–H and O–H groups in total. The van der Waals surface area contributed by atoms with Gasteiger partial charge in [0.2, 0.25) is 0 Å². The highest BCUT2D eigenvalue weighted by molar-refractivity contribution is 5.99. The number of aromatic nitrogens is 1. The second kappa shape index (κ2) is 6.89. The number of para-hydroxylation sites is 1. The third-order valence-electron chi connectivity index (χ3n) is 7.31. The highest BCUT2D eigenvalue weighted by atomic mass is 16.2. The summed E-state index contributed by atoms with van der Waals surface area (Å²) in [6, 6.07) is 23.1. The number of carbonyl (C=O) groups is 1. The van der Waals surface area contributed by atoms with Crippen LogP contribution in [0, 0.1) is 5.41 Å². The highest BCUT2D eigenvalue weighted by Crippen LogP contribution is 2.52. The van der Waals surface area contributed by atoms with Crippen LogP contribution in [0.4, 0.5) is 0 Å². The third kappa shape index (κ3) is 3.19. The smallest absolute Gasteiger partial charge is 0.253 e. The molecule has 2 fully saturated rings. The number of rotatable bonds is 2. The molecule has 2 heterocycles. The van der Waals surface area contributed by atoms with Crippen LogP contribution >= 0.6 is 0 Å². The zero-order valence-electron chi connectivity index (χ0n) is 17.4. The number of hydrogen-bond acceptors (Lipinski definition) is 3. The van der Waals surface area contributed by atoms with Crippen LogP contribution in [0.3, 0.4) is 0 Å². The van der Waals surface area contributed by atoms with Crippen molar-refractivity contribution < 1.29 is 4.79 Å². The van der Waals surface area contributed by atoms with E-state index in [1.807, 2.05) is 41.4 Å². The molecule has 154 valence electrons. The van der Waals surface area contributed by atoms with E-state index in [1.54, 1.807) is 0 Å². The van der Waals surface area contributed by atoms with Gasteiger partial charge in [-0.25, -0.2) is 0 Å². The lowest BCUT2D eigenvalue weighted by Crippen LogP contribution is -2.40. The fourth-order valence-corrected chi connectivity index (χ4v) is 5.08. The van der Waals surface area contributed by atoms with Gasteiger partial charge in [0.05, 0.1) is 5.52 Å². The Kier molecular flexibility index (Phi) is 4.12. The Morgan fingerprint density at radius 2 is 1.61 bits per heavy atom. The van der Waals surface area contributed by atoms with E-state index in [9.17, 15) is 4.79 Å². The number of nitrogens with two attached hydrogens (primary N) is 1. The molecule has 1 atom stereocenters. The Balaban J connectivity index is 1.26. The summed E-state index contributed by atoms with van der Waals surface area (Å²) in [6.07, 6.45) is 5.13. The van der Waals surface area contributed by atoms with E-state index in [-0.39, 0.29) is 5.91 Å². The SMILES string of the molecule is NC1CC12CCN(C(=O)c1ccc3cc(-c4cnc5ccccc5c4)ccc3c1)CC2. The molecule has 2 aliphatic rings. The van der Waals surface area contributed by atoms with Crippen molar-refractivity contribution in [3.05, 3.63) is 78.5 Å². The number of hydrogen-bond donors (Lipinski definition) is 1. The van der Waals surface area contributed by atoms with Crippen LogP contribution in [0.15, 0.2) is 72.9 Å². The van der Waals surface area contributed by atoms with Gasteiger partial charge < -0.3 is 10.6 Å². The van der Waals surface area contributed by atoms with Gasteiger partial charge in [0.15, 0.2) is 0 Å². The summed E-state index contributed by atoms with van der Waals surface area (Å²) >= 11 is 0. The first-order valence-corrected chi connectivity index (χ1v) is 11.1. The van der Waals surface area contributed by atoms with Crippen LogP contribution < -0.4 is 5.73 Å². The van der Waals surface area contributed by atoms with Gasteiger partial charge >= 0.3 is 0 Å². The predicted molar refractivity (Wildman–Crippen MR) is 125 cm³/mol. The van der Waals surface area contributed by atoms with E-state index < -0.39 is 0 Å².